The number of aromatic nitrogens is 1. The molecular formula is C29H25FN4O2S. The second kappa shape index (κ2) is 10.4. The topological polar surface area (TPSA) is 66.7 Å². The number of nitrogens with zero attached hydrogens (tertiary/aromatic N) is 3. The van der Waals surface area contributed by atoms with Gasteiger partial charge in [-0.15, -0.1) is 0 Å². The van der Waals surface area contributed by atoms with Crippen LogP contribution in [0.5, 0.6) is 0 Å². The van der Waals surface area contributed by atoms with E-state index in [2.05, 4.69) is 10.3 Å². The van der Waals surface area contributed by atoms with E-state index in [4.69, 9.17) is 0 Å². The highest BCUT2D eigenvalue weighted by Gasteiger charge is 2.32. The summed E-state index contributed by atoms with van der Waals surface area (Å²) in [6, 6.07) is 21.3. The van der Waals surface area contributed by atoms with Crippen LogP contribution in [0.1, 0.15) is 18.1 Å². The van der Waals surface area contributed by atoms with Gasteiger partial charge in [-0.2, -0.15) is 0 Å². The molecule has 1 N–H and O–H groups in total. The molecule has 37 heavy (non-hydrogen) atoms. The number of halogens is 1. The quantitative estimate of drug-likeness (QED) is 0.306. The fourth-order valence-corrected chi connectivity index (χ4v) is 5.29. The van der Waals surface area contributed by atoms with Crippen LogP contribution in [0.15, 0.2) is 88.9 Å². The van der Waals surface area contributed by atoms with Crippen molar-refractivity contribution in [3.05, 3.63) is 101 Å². The summed E-state index contributed by atoms with van der Waals surface area (Å²) in [7, 11) is 0. The standard InChI is InChI=1S/C29H25FN4O2S/c1-3-34-28(36)26(37-29(34)32-22-13-11-21(30)12-14-22)16-20-17-33(25-10-5-4-9-24(20)25)18-27(35)31-23-8-6-7-19(2)15-23/h4-17H,3,18H2,1-2H3,(H,31,35)/b26-16+,32-29?. The van der Waals surface area contributed by atoms with Gasteiger partial charge in [0, 0.05) is 34.9 Å². The van der Waals surface area contributed by atoms with Gasteiger partial charge in [0.1, 0.15) is 12.4 Å². The van der Waals surface area contributed by atoms with Crippen LogP contribution in [0, 0.1) is 12.7 Å². The molecule has 1 aliphatic rings. The van der Waals surface area contributed by atoms with E-state index in [9.17, 15) is 14.0 Å². The Labute approximate surface area is 218 Å². The summed E-state index contributed by atoms with van der Waals surface area (Å²) in [6.45, 7) is 4.47. The first-order valence-corrected chi connectivity index (χ1v) is 12.7. The molecule has 1 fully saturated rings. The van der Waals surface area contributed by atoms with Crippen molar-refractivity contribution in [2.75, 3.05) is 11.9 Å². The van der Waals surface area contributed by atoms with E-state index in [1.54, 1.807) is 17.0 Å². The van der Waals surface area contributed by atoms with Gasteiger partial charge in [0.2, 0.25) is 5.91 Å². The summed E-state index contributed by atoms with van der Waals surface area (Å²) in [6.07, 6.45) is 3.74. The summed E-state index contributed by atoms with van der Waals surface area (Å²) in [5, 5.41) is 4.44. The van der Waals surface area contributed by atoms with E-state index >= 15 is 0 Å². The average molecular weight is 513 g/mol. The minimum atomic E-state index is -0.337. The van der Waals surface area contributed by atoms with E-state index in [0.29, 0.717) is 22.3 Å². The number of amides is 2. The monoisotopic (exact) mass is 512 g/mol. The Morgan fingerprint density at radius 1 is 1.08 bits per heavy atom. The Bertz CT molecular complexity index is 1560. The Balaban J connectivity index is 1.44. The highest BCUT2D eigenvalue weighted by Crippen LogP contribution is 2.35. The summed E-state index contributed by atoms with van der Waals surface area (Å²) in [4.78, 5) is 32.7. The van der Waals surface area contributed by atoms with Crippen LogP contribution in [0.2, 0.25) is 0 Å². The molecule has 1 aliphatic heterocycles. The number of hydrogen-bond donors (Lipinski definition) is 1. The van der Waals surface area contributed by atoms with Gasteiger partial charge in [-0.25, -0.2) is 9.38 Å². The van der Waals surface area contributed by atoms with Crippen LogP contribution >= 0.6 is 11.8 Å². The number of aliphatic imine (C=N–C) groups is 1. The van der Waals surface area contributed by atoms with Crippen molar-refractivity contribution in [3.8, 4) is 0 Å². The van der Waals surface area contributed by atoms with E-state index in [1.807, 2.05) is 79.2 Å². The predicted octanol–water partition coefficient (Wildman–Crippen LogP) is 6.35. The molecule has 2 heterocycles. The molecule has 0 radical (unpaired) electrons. The van der Waals surface area contributed by atoms with Crippen LogP contribution in [-0.4, -0.2) is 33.0 Å². The van der Waals surface area contributed by atoms with Crippen molar-refractivity contribution in [2.24, 2.45) is 4.99 Å². The molecule has 1 saturated heterocycles. The average Bonchev–Trinajstić information content (AvgIpc) is 3.37. The molecule has 1 aromatic heterocycles. The second-order valence-electron chi connectivity index (χ2n) is 8.68. The van der Waals surface area contributed by atoms with Crippen LogP contribution in [-0.2, 0) is 16.1 Å². The summed E-state index contributed by atoms with van der Waals surface area (Å²) in [5.74, 6) is -0.610. The zero-order valence-corrected chi connectivity index (χ0v) is 21.3. The first-order valence-electron chi connectivity index (χ1n) is 11.9. The molecule has 2 amide bonds. The lowest BCUT2D eigenvalue weighted by molar-refractivity contribution is -0.122. The van der Waals surface area contributed by atoms with E-state index in [0.717, 1.165) is 27.7 Å². The van der Waals surface area contributed by atoms with E-state index in [-0.39, 0.29) is 24.2 Å². The van der Waals surface area contributed by atoms with Crippen molar-refractivity contribution < 1.29 is 14.0 Å². The number of likely N-dealkylation sites (N-methyl/N-ethyl adjacent to an activating group) is 1. The number of anilines is 1. The minimum Gasteiger partial charge on any atom is -0.337 e. The van der Waals surface area contributed by atoms with E-state index in [1.165, 1.54) is 23.9 Å². The molecule has 0 bridgehead atoms. The summed E-state index contributed by atoms with van der Waals surface area (Å²) < 4.78 is 15.2. The maximum Gasteiger partial charge on any atom is 0.266 e. The molecular weight excluding hydrogens is 487 g/mol. The lowest BCUT2D eigenvalue weighted by Gasteiger charge is -2.11. The summed E-state index contributed by atoms with van der Waals surface area (Å²) in [5.41, 5.74) is 4.14. The van der Waals surface area contributed by atoms with Crippen molar-refractivity contribution in [1.29, 1.82) is 0 Å². The lowest BCUT2D eigenvalue weighted by atomic mass is 10.1. The number of benzene rings is 3. The van der Waals surface area contributed by atoms with Crippen LogP contribution in [0.25, 0.3) is 17.0 Å². The molecule has 4 aromatic rings. The maximum atomic E-state index is 13.3. The number of rotatable bonds is 6. The van der Waals surface area contributed by atoms with Crippen LogP contribution in [0.4, 0.5) is 15.8 Å². The normalized spacial score (nSPS) is 15.8. The highest BCUT2D eigenvalue weighted by atomic mass is 32.2. The van der Waals surface area contributed by atoms with E-state index < -0.39 is 0 Å². The third-order valence-electron chi connectivity index (χ3n) is 5.98. The van der Waals surface area contributed by atoms with Gasteiger partial charge in [-0.1, -0.05) is 30.3 Å². The maximum absolute atomic E-state index is 13.3. The van der Waals surface area contributed by atoms with Crippen molar-refractivity contribution in [1.82, 2.24) is 9.47 Å². The Morgan fingerprint density at radius 3 is 2.62 bits per heavy atom. The number of fused-ring (bicyclic) bond motifs is 1. The fraction of sp³-hybridized carbons (Fsp3) is 0.138. The Morgan fingerprint density at radius 2 is 1.86 bits per heavy atom. The lowest BCUT2D eigenvalue weighted by Crippen LogP contribution is -2.28. The highest BCUT2D eigenvalue weighted by molar-refractivity contribution is 8.18. The largest absolute Gasteiger partial charge is 0.337 e. The van der Waals surface area contributed by atoms with Crippen molar-refractivity contribution in [2.45, 2.75) is 20.4 Å². The number of thioether (sulfide) groups is 1. The van der Waals surface area contributed by atoms with Gasteiger partial charge in [0.25, 0.3) is 5.91 Å². The first-order chi connectivity index (χ1) is 17.9. The van der Waals surface area contributed by atoms with Gasteiger partial charge in [-0.3, -0.25) is 14.5 Å². The number of para-hydroxylation sites is 1. The zero-order valence-electron chi connectivity index (χ0n) is 20.4. The molecule has 3 aromatic carbocycles. The number of aryl methyl sites for hydroxylation is 1. The molecule has 0 unspecified atom stereocenters. The number of hydrogen-bond acceptors (Lipinski definition) is 4. The molecule has 0 aliphatic carbocycles. The van der Waals surface area contributed by atoms with Gasteiger partial charge in [-0.05, 0) is 79.7 Å². The minimum absolute atomic E-state index is 0.136. The van der Waals surface area contributed by atoms with Crippen LogP contribution in [0.3, 0.4) is 0 Å². The van der Waals surface area contributed by atoms with Crippen LogP contribution < -0.4 is 5.32 Å². The van der Waals surface area contributed by atoms with Gasteiger partial charge < -0.3 is 9.88 Å². The Kier molecular flexibility index (Phi) is 6.92. The number of carbonyl (C=O) groups excluding carboxylic acids is 2. The third-order valence-corrected chi connectivity index (χ3v) is 6.98. The fourth-order valence-electron chi connectivity index (χ4n) is 4.24. The SMILES string of the molecule is CCN1C(=O)/C(=C\c2cn(CC(=O)Nc3cccc(C)c3)c3ccccc23)SC1=Nc1ccc(F)cc1. The van der Waals surface area contributed by atoms with Crippen molar-refractivity contribution >= 4 is 57.1 Å². The number of nitrogens with one attached hydrogen (secondary N) is 1. The predicted molar refractivity (Wildman–Crippen MR) is 148 cm³/mol. The number of amidine groups is 1. The molecule has 186 valence electrons. The van der Waals surface area contributed by atoms with Crippen molar-refractivity contribution in [3.63, 3.8) is 0 Å². The molecule has 8 heteroatoms. The summed E-state index contributed by atoms with van der Waals surface area (Å²) >= 11 is 1.29. The molecule has 0 spiro atoms. The van der Waals surface area contributed by atoms with Gasteiger partial charge in [0.05, 0.1) is 10.6 Å². The smallest absolute Gasteiger partial charge is 0.266 e. The second-order valence-corrected chi connectivity index (χ2v) is 9.69. The first kappa shape index (κ1) is 24.5. The molecule has 6 nitrogen and oxygen atoms in total. The van der Waals surface area contributed by atoms with Gasteiger partial charge >= 0.3 is 0 Å². The number of carbonyl (C=O) groups is 2. The molecule has 0 saturated carbocycles. The molecule has 0 atom stereocenters. The third kappa shape index (κ3) is 5.34. The van der Waals surface area contributed by atoms with Gasteiger partial charge in [0.15, 0.2) is 5.17 Å². The zero-order chi connectivity index (χ0) is 25.9. The Hall–Kier alpha value is -4.17. The molecule has 5 rings (SSSR count).